The number of thiocarbonyl (C=S) groups is 1. The second kappa shape index (κ2) is 7.95. The van der Waals surface area contributed by atoms with E-state index in [1.807, 2.05) is 26.2 Å². The first kappa shape index (κ1) is 15.7. The molecule has 0 amide bonds. The standard InChI is InChI=1S/C15H22N4OS/c1-19(2)13-7-5-12(6-8-13)10-17-18-15(21)16-11-14-4-3-9-20-14/h5-8,10,14H,3-4,9,11H2,1-2H3,(H2,16,18,21). The predicted octanol–water partition coefficient (Wildman–Crippen LogP) is 1.73. The third-order valence-corrected chi connectivity index (χ3v) is 3.54. The van der Waals surface area contributed by atoms with Gasteiger partial charge in [0.1, 0.15) is 0 Å². The minimum atomic E-state index is 0.271. The molecule has 1 aliphatic heterocycles. The van der Waals surface area contributed by atoms with Crippen molar-refractivity contribution in [1.82, 2.24) is 10.7 Å². The average Bonchev–Trinajstić information content (AvgIpc) is 2.99. The SMILES string of the molecule is CN(C)c1ccc(C=NNC(=S)NCC2CCCO2)cc1. The van der Waals surface area contributed by atoms with Gasteiger partial charge in [-0.05, 0) is 42.8 Å². The fourth-order valence-electron chi connectivity index (χ4n) is 2.08. The Morgan fingerprint density at radius 1 is 1.43 bits per heavy atom. The molecular weight excluding hydrogens is 284 g/mol. The van der Waals surface area contributed by atoms with Gasteiger partial charge in [-0.25, -0.2) is 0 Å². The molecule has 0 saturated carbocycles. The van der Waals surface area contributed by atoms with Gasteiger partial charge in [-0.15, -0.1) is 0 Å². The van der Waals surface area contributed by atoms with Gasteiger partial charge in [0.05, 0.1) is 12.3 Å². The van der Waals surface area contributed by atoms with Gasteiger partial charge in [0, 0.05) is 32.9 Å². The van der Waals surface area contributed by atoms with Crippen LogP contribution in [0.2, 0.25) is 0 Å². The molecule has 114 valence electrons. The Morgan fingerprint density at radius 3 is 2.81 bits per heavy atom. The van der Waals surface area contributed by atoms with Crippen molar-refractivity contribution in [3.05, 3.63) is 29.8 Å². The number of anilines is 1. The number of rotatable bonds is 5. The molecule has 0 radical (unpaired) electrons. The van der Waals surface area contributed by atoms with E-state index in [4.69, 9.17) is 17.0 Å². The summed E-state index contributed by atoms with van der Waals surface area (Å²) >= 11 is 5.16. The quantitative estimate of drug-likeness (QED) is 0.493. The Kier molecular flexibility index (Phi) is 5.95. The van der Waals surface area contributed by atoms with Crippen LogP contribution >= 0.6 is 12.2 Å². The zero-order valence-electron chi connectivity index (χ0n) is 12.5. The summed E-state index contributed by atoms with van der Waals surface area (Å²) in [6, 6.07) is 8.14. The number of nitrogens with one attached hydrogen (secondary N) is 2. The minimum absolute atomic E-state index is 0.271. The fourth-order valence-corrected chi connectivity index (χ4v) is 2.21. The molecule has 0 aliphatic carbocycles. The van der Waals surface area contributed by atoms with Gasteiger partial charge in [-0.3, -0.25) is 5.43 Å². The molecule has 0 aromatic heterocycles. The lowest BCUT2D eigenvalue weighted by atomic mass is 10.2. The number of hydrogen-bond donors (Lipinski definition) is 2. The topological polar surface area (TPSA) is 48.9 Å². The van der Waals surface area contributed by atoms with E-state index >= 15 is 0 Å². The van der Waals surface area contributed by atoms with Gasteiger partial charge in [-0.1, -0.05) is 12.1 Å². The third-order valence-electron chi connectivity index (χ3n) is 3.30. The summed E-state index contributed by atoms with van der Waals surface area (Å²) in [7, 11) is 4.03. The van der Waals surface area contributed by atoms with Crippen LogP contribution in [-0.4, -0.2) is 44.7 Å². The smallest absolute Gasteiger partial charge is 0.187 e. The average molecular weight is 306 g/mol. The molecule has 0 bridgehead atoms. The molecule has 1 heterocycles. The summed E-state index contributed by atoms with van der Waals surface area (Å²) in [5.74, 6) is 0. The first-order valence-electron chi connectivity index (χ1n) is 7.11. The van der Waals surface area contributed by atoms with Crippen LogP contribution in [0.3, 0.4) is 0 Å². The van der Waals surface area contributed by atoms with Gasteiger partial charge in [0.15, 0.2) is 5.11 Å². The first-order valence-corrected chi connectivity index (χ1v) is 7.52. The number of benzene rings is 1. The van der Waals surface area contributed by atoms with Gasteiger partial charge in [-0.2, -0.15) is 5.10 Å². The van der Waals surface area contributed by atoms with Gasteiger partial charge >= 0.3 is 0 Å². The summed E-state index contributed by atoms with van der Waals surface area (Å²) in [4.78, 5) is 2.06. The van der Waals surface area contributed by atoms with Crippen molar-refractivity contribution >= 4 is 29.2 Å². The van der Waals surface area contributed by atoms with Crippen LogP contribution in [0, 0.1) is 0 Å². The van der Waals surface area contributed by atoms with Crippen LogP contribution < -0.4 is 15.6 Å². The van der Waals surface area contributed by atoms with Crippen LogP contribution in [0.1, 0.15) is 18.4 Å². The lowest BCUT2D eigenvalue weighted by Gasteiger charge is -2.12. The lowest BCUT2D eigenvalue weighted by Crippen LogP contribution is -2.37. The van der Waals surface area contributed by atoms with Gasteiger partial charge in [0.2, 0.25) is 0 Å². The maximum absolute atomic E-state index is 5.52. The summed E-state index contributed by atoms with van der Waals surface area (Å²) < 4.78 is 5.52. The van der Waals surface area contributed by atoms with Crippen molar-refractivity contribution < 1.29 is 4.74 Å². The molecule has 6 heteroatoms. The van der Waals surface area contributed by atoms with Crippen LogP contribution in [0.25, 0.3) is 0 Å². The molecule has 1 unspecified atom stereocenters. The molecule has 1 aliphatic rings. The third kappa shape index (κ3) is 5.32. The van der Waals surface area contributed by atoms with Crippen LogP contribution in [0.15, 0.2) is 29.4 Å². The van der Waals surface area contributed by atoms with Crippen molar-refractivity contribution in [2.24, 2.45) is 5.10 Å². The van der Waals surface area contributed by atoms with E-state index in [-0.39, 0.29) is 6.10 Å². The minimum Gasteiger partial charge on any atom is -0.378 e. The van der Waals surface area contributed by atoms with Crippen molar-refractivity contribution in [1.29, 1.82) is 0 Å². The second-order valence-electron chi connectivity index (χ2n) is 5.20. The van der Waals surface area contributed by atoms with E-state index in [1.54, 1.807) is 6.21 Å². The summed E-state index contributed by atoms with van der Waals surface area (Å²) in [5.41, 5.74) is 5.00. The van der Waals surface area contributed by atoms with Crippen molar-refractivity contribution in [2.45, 2.75) is 18.9 Å². The molecular formula is C15H22N4OS. The lowest BCUT2D eigenvalue weighted by molar-refractivity contribution is 0.114. The largest absolute Gasteiger partial charge is 0.378 e. The first-order chi connectivity index (χ1) is 10.1. The van der Waals surface area contributed by atoms with Crippen molar-refractivity contribution in [2.75, 3.05) is 32.1 Å². The molecule has 1 aromatic carbocycles. The van der Waals surface area contributed by atoms with Crippen LogP contribution in [-0.2, 0) is 4.74 Å². The number of ether oxygens (including phenoxy) is 1. The van der Waals surface area contributed by atoms with Gasteiger partial charge in [0.25, 0.3) is 0 Å². The normalized spacial score (nSPS) is 17.9. The van der Waals surface area contributed by atoms with E-state index < -0.39 is 0 Å². The zero-order chi connectivity index (χ0) is 15.1. The highest BCUT2D eigenvalue weighted by atomic mass is 32.1. The molecule has 1 saturated heterocycles. The molecule has 21 heavy (non-hydrogen) atoms. The Bertz CT molecular complexity index is 481. The van der Waals surface area contributed by atoms with E-state index in [1.165, 1.54) is 0 Å². The number of hydrazone groups is 1. The second-order valence-corrected chi connectivity index (χ2v) is 5.61. The zero-order valence-corrected chi connectivity index (χ0v) is 13.3. The Morgan fingerprint density at radius 2 is 2.19 bits per heavy atom. The molecule has 1 atom stereocenters. The molecule has 1 fully saturated rings. The maximum Gasteiger partial charge on any atom is 0.187 e. The van der Waals surface area contributed by atoms with Crippen LogP contribution in [0.4, 0.5) is 5.69 Å². The molecule has 2 rings (SSSR count). The Hall–Kier alpha value is -1.66. The summed E-state index contributed by atoms with van der Waals surface area (Å²) in [6.07, 6.45) is 4.25. The number of hydrogen-bond acceptors (Lipinski definition) is 4. The molecule has 1 aromatic rings. The molecule has 0 spiro atoms. The summed E-state index contributed by atoms with van der Waals surface area (Å²) in [5, 5.41) is 7.76. The molecule has 5 nitrogen and oxygen atoms in total. The Balaban J connectivity index is 1.72. The van der Waals surface area contributed by atoms with Crippen molar-refractivity contribution in [3.8, 4) is 0 Å². The van der Waals surface area contributed by atoms with E-state index in [0.717, 1.165) is 37.2 Å². The predicted molar refractivity (Wildman–Crippen MR) is 91.1 cm³/mol. The maximum atomic E-state index is 5.52. The highest BCUT2D eigenvalue weighted by Crippen LogP contribution is 2.11. The van der Waals surface area contributed by atoms with Gasteiger partial charge < -0.3 is 15.0 Å². The van der Waals surface area contributed by atoms with Crippen molar-refractivity contribution in [3.63, 3.8) is 0 Å². The summed E-state index contributed by atoms with van der Waals surface area (Å²) in [6.45, 7) is 1.59. The number of nitrogens with zero attached hydrogens (tertiary/aromatic N) is 2. The van der Waals surface area contributed by atoms with Crippen LogP contribution in [0.5, 0.6) is 0 Å². The monoisotopic (exact) mass is 306 g/mol. The van der Waals surface area contributed by atoms with E-state index in [2.05, 4.69) is 32.9 Å². The van der Waals surface area contributed by atoms with E-state index in [9.17, 15) is 0 Å². The van der Waals surface area contributed by atoms with E-state index in [0.29, 0.717) is 5.11 Å². The highest BCUT2D eigenvalue weighted by molar-refractivity contribution is 7.80. The fraction of sp³-hybridized carbons (Fsp3) is 0.467. The highest BCUT2D eigenvalue weighted by Gasteiger charge is 2.14. The Labute approximate surface area is 131 Å². The molecule has 2 N–H and O–H groups in total.